The van der Waals surface area contributed by atoms with Crippen LogP contribution in [0.25, 0.3) is 5.65 Å². The van der Waals surface area contributed by atoms with Crippen molar-refractivity contribution in [1.29, 1.82) is 0 Å². The first-order valence-electron chi connectivity index (χ1n) is 9.77. The maximum absolute atomic E-state index is 13.0. The monoisotopic (exact) mass is 404 g/mol. The summed E-state index contributed by atoms with van der Waals surface area (Å²) >= 11 is 0. The van der Waals surface area contributed by atoms with Crippen molar-refractivity contribution in [3.8, 4) is 0 Å². The van der Waals surface area contributed by atoms with Gasteiger partial charge in [0.05, 0.1) is 11.8 Å². The predicted octanol–water partition coefficient (Wildman–Crippen LogP) is 4.18. The van der Waals surface area contributed by atoms with Crippen molar-refractivity contribution in [3.05, 3.63) is 59.5 Å². The van der Waals surface area contributed by atoms with Crippen molar-refractivity contribution in [2.75, 3.05) is 13.1 Å². The van der Waals surface area contributed by atoms with Gasteiger partial charge in [-0.1, -0.05) is 18.2 Å². The number of hydrogen-bond donors (Lipinski definition) is 0. The zero-order chi connectivity index (χ0) is 20.6. The number of alkyl halides is 3. The minimum atomic E-state index is -4.32. The van der Waals surface area contributed by atoms with Gasteiger partial charge >= 0.3 is 6.18 Å². The van der Waals surface area contributed by atoms with Crippen LogP contribution in [0.15, 0.2) is 42.9 Å². The smallest absolute Gasteiger partial charge is 0.338 e. The zero-order valence-electron chi connectivity index (χ0n) is 16.2. The van der Waals surface area contributed by atoms with Crippen LogP contribution >= 0.6 is 0 Å². The lowest BCUT2D eigenvalue weighted by Gasteiger charge is -2.32. The number of nitrogens with zero attached hydrogens (tertiary/aromatic N) is 4. The number of aromatic nitrogens is 3. The second-order valence-electron chi connectivity index (χ2n) is 7.73. The summed E-state index contributed by atoms with van der Waals surface area (Å²) in [6, 6.07) is 5.52. The van der Waals surface area contributed by atoms with E-state index < -0.39 is 11.7 Å². The van der Waals surface area contributed by atoms with Gasteiger partial charge in [0.1, 0.15) is 11.2 Å². The van der Waals surface area contributed by atoms with Gasteiger partial charge in [-0.2, -0.15) is 18.3 Å². The average Bonchev–Trinajstić information content (AvgIpc) is 3.29. The summed E-state index contributed by atoms with van der Waals surface area (Å²) in [7, 11) is 1.88. The molecule has 1 aromatic carbocycles. The number of carbonyl (C=O) groups is 1. The van der Waals surface area contributed by atoms with Crippen molar-refractivity contribution >= 4 is 11.6 Å². The highest BCUT2D eigenvalue weighted by Gasteiger charge is 2.31. The van der Waals surface area contributed by atoms with Gasteiger partial charge in [0.25, 0.3) is 5.91 Å². The van der Waals surface area contributed by atoms with Crippen LogP contribution in [0.1, 0.15) is 40.7 Å². The van der Waals surface area contributed by atoms with Crippen LogP contribution in [0, 0.1) is 5.92 Å². The van der Waals surface area contributed by atoms with Gasteiger partial charge in [-0.3, -0.25) is 4.79 Å². The molecule has 29 heavy (non-hydrogen) atoms. The lowest BCUT2D eigenvalue weighted by atomic mass is 9.91. The van der Waals surface area contributed by atoms with Gasteiger partial charge in [0.15, 0.2) is 0 Å². The number of hydrogen-bond acceptors (Lipinski definition) is 2. The van der Waals surface area contributed by atoms with Crippen molar-refractivity contribution in [2.24, 2.45) is 13.0 Å². The van der Waals surface area contributed by atoms with Gasteiger partial charge < -0.3 is 9.47 Å². The highest BCUT2D eigenvalue weighted by atomic mass is 19.4. The number of benzene rings is 1. The first-order chi connectivity index (χ1) is 13.8. The summed E-state index contributed by atoms with van der Waals surface area (Å²) in [5.74, 6) is 0.243. The van der Waals surface area contributed by atoms with E-state index in [1.807, 2.05) is 22.7 Å². The molecule has 0 N–H and O–H groups in total. The van der Waals surface area contributed by atoms with Crippen LogP contribution in [0.5, 0.6) is 0 Å². The third-order valence-electron chi connectivity index (χ3n) is 5.67. The second-order valence-corrected chi connectivity index (χ2v) is 7.73. The molecule has 3 aromatic rings. The fourth-order valence-corrected chi connectivity index (χ4v) is 4.13. The van der Waals surface area contributed by atoms with Gasteiger partial charge in [0, 0.05) is 32.5 Å². The van der Waals surface area contributed by atoms with Crippen molar-refractivity contribution in [3.63, 3.8) is 0 Å². The molecule has 154 valence electrons. The summed E-state index contributed by atoms with van der Waals surface area (Å²) < 4.78 is 42.3. The molecule has 0 saturated carbocycles. The largest absolute Gasteiger partial charge is 0.416 e. The summed E-state index contributed by atoms with van der Waals surface area (Å²) in [6.07, 6.45) is 4.16. The van der Waals surface area contributed by atoms with Crippen LogP contribution in [0.4, 0.5) is 13.2 Å². The van der Waals surface area contributed by atoms with Crippen LogP contribution in [0.2, 0.25) is 0 Å². The van der Waals surface area contributed by atoms with Gasteiger partial charge in [-0.25, -0.2) is 4.52 Å². The molecule has 0 spiro atoms. The molecule has 4 rings (SSSR count). The molecule has 1 aliphatic rings. The van der Waals surface area contributed by atoms with Gasteiger partial charge in [-0.05, 0) is 43.2 Å². The van der Waals surface area contributed by atoms with Crippen molar-refractivity contribution in [2.45, 2.75) is 31.9 Å². The molecule has 0 aliphatic carbocycles. The SMILES string of the molecule is Cn1ccn2ncc(C(=O)N3CCC[C@H](CCc4cccc(C(F)(F)F)c4)C3)c12. The minimum Gasteiger partial charge on any atom is -0.338 e. The molecule has 1 aliphatic heterocycles. The Morgan fingerprint density at radius 3 is 2.90 bits per heavy atom. The second kappa shape index (κ2) is 7.57. The number of likely N-dealkylation sites (tertiary alicyclic amines) is 1. The molecule has 2 aromatic heterocycles. The van der Waals surface area contributed by atoms with E-state index in [0.717, 1.165) is 31.0 Å². The van der Waals surface area contributed by atoms with Crippen LogP contribution < -0.4 is 0 Å². The van der Waals surface area contributed by atoms with E-state index in [2.05, 4.69) is 5.10 Å². The Balaban J connectivity index is 1.41. The molecule has 0 unspecified atom stereocenters. The molecular formula is C21H23F3N4O. The number of fused-ring (bicyclic) bond motifs is 1. The summed E-state index contributed by atoms with van der Waals surface area (Å²) in [6.45, 7) is 1.32. The molecule has 1 atom stereocenters. The molecule has 0 bridgehead atoms. The Morgan fingerprint density at radius 2 is 2.10 bits per heavy atom. The highest BCUT2D eigenvalue weighted by Crippen LogP contribution is 2.30. The van der Waals surface area contributed by atoms with E-state index in [0.29, 0.717) is 30.6 Å². The topological polar surface area (TPSA) is 42.5 Å². The molecule has 5 nitrogen and oxygen atoms in total. The van der Waals surface area contributed by atoms with Crippen molar-refractivity contribution < 1.29 is 18.0 Å². The quantitative estimate of drug-likeness (QED) is 0.655. The molecule has 1 saturated heterocycles. The maximum atomic E-state index is 13.0. The van der Waals surface area contributed by atoms with E-state index in [1.165, 1.54) is 12.1 Å². The lowest BCUT2D eigenvalue weighted by molar-refractivity contribution is -0.137. The van der Waals surface area contributed by atoms with Crippen LogP contribution in [0.3, 0.4) is 0 Å². The molecule has 3 heterocycles. The Bertz CT molecular complexity index is 1020. The average molecular weight is 404 g/mol. The van der Waals surface area contributed by atoms with Gasteiger partial charge in [0.2, 0.25) is 0 Å². The predicted molar refractivity (Wildman–Crippen MR) is 103 cm³/mol. The summed E-state index contributed by atoms with van der Waals surface area (Å²) in [4.78, 5) is 14.9. The number of amides is 1. The van der Waals surface area contributed by atoms with Crippen molar-refractivity contribution in [1.82, 2.24) is 19.1 Å². The lowest BCUT2D eigenvalue weighted by Crippen LogP contribution is -2.40. The minimum absolute atomic E-state index is 0.0365. The zero-order valence-corrected chi connectivity index (χ0v) is 16.2. The highest BCUT2D eigenvalue weighted by molar-refractivity contribution is 5.99. The Kier molecular flexibility index (Phi) is 5.10. The van der Waals surface area contributed by atoms with E-state index in [1.54, 1.807) is 23.0 Å². The molecular weight excluding hydrogens is 381 g/mol. The normalized spacial score (nSPS) is 17.8. The molecule has 1 fully saturated rings. The van der Waals surface area contributed by atoms with E-state index >= 15 is 0 Å². The van der Waals surface area contributed by atoms with E-state index in [9.17, 15) is 18.0 Å². The molecule has 1 amide bonds. The summed E-state index contributed by atoms with van der Waals surface area (Å²) in [5, 5.41) is 4.23. The third-order valence-corrected chi connectivity index (χ3v) is 5.67. The van der Waals surface area contributed by atoms with Gasteiger partial charge in [-0.15, -0.1) is 0 Å². The Labute approximate surface area is 166 Å². The fourth-order valence-electron chi connectivity index (χ4n) is 4.13. The van der Waals surface area contributed by atoms with Crippen LogP contribution in [-0.2, 0) is 19.6 Å². The fraction of sp³-hybridized carbons (Fsp3) is 0.429. The number of imidazole rings is 1. The standard InChI is InChI=1S/C21H23F3N4O/c1-26-10-11-28-19(26)18(13-25-28)20(29)27-9-3-5-16(14-27)8-7-15-4-2-6-17(12-15)21(22,23)24/h2,4,6,10-13,16H,3,5,7-9,14H2,1H3/t16-/m1/s1. The third kappa shape index (κ3) is 4.02. The number of halogens is 3. The molecule has 8 heteroatoms. The molecule has 0 radical (unpaired) electrons. The first kappa shape index (κ1) is 19.5. The summed E-state index contributed by atoms with van der Waals surface area (Å²) in [5.41, 5.74) is 1.42. The maximum Gasteiger partial charge on any atom is 0.416 e. The van der Waals surface area contributed by atoms with Crippen LogP contribution in [-0.4, -0.2) is 38.1 Å². The van der Waals surface area contributed by atoms with E-state index in [4.69, 9.17) is 0 Å². The number of piperidine rings is 1. The number of rotatable bonds is 4. The van der Waals surface area contributed by atoms with E-state index in [-0.39, 0.29) is 11.8 Å². The number of aryl methyl sites for hydroxylation is 2. The first-order valence-corrected chi connectivity index (χ1v) is 9.77. The Hall–Kier alpha value is -2.77. The Morgan fingerprint density at radius 1 is 1.28 bits per heavy atom. The number of carbonyl (C=O) groups excluding carboxylic acids is 1.